The second kappa shape index (κ2) is 5.67. The SMILES string of the molecule is Cn1c(C(=O)N[C@@H]2CCc3cc(Cl)ccc32)ccc1S(N)(=O)=O. The van der Waals surface area contributed by atoms with Crippen molar-refractivity contribution in [3.8, 4) is 0 Å². The number of rotatable bonds is 3. The number of fused-ring (bicyclic) bond motifs is 1. The summed E-state index contributed by atoms with van der Waals surface area (Å²) in [5.74, 6) is -0.338. The molecule has 2 aromatic rings. The lowest BCUT2D eigenvalue weighted by atomic mass is 10.1. The molecule has 0 radical (unpaired) electrons. The predicted molar refractivity (Wildman–Crippen MR) is 86.8 cm³/mol. The Labute approximate surface area is 139 Å². The molecule has 1 aromatic heterocycles. The monoisotopic (exact) mass is 353 g/mol. The smallest absolute Gasteiger partial charge is 0.268 e. The van der Waals surface area contributed by atoms with E-state index < -0.39 is 10.0 Å². The third-order valence-electron chi connectivity index (χ3n) is 4.09. The minimum Gasteiger partial charge on any atom is -0.344 e. The van der Waals surface area contributed by atoms with Gasteiger partial charge in [-0.05, 0) is 48.2 Å². The van der Waals surface area contributed by atoms with Gasteiger partial charge in [0.05, 0.1) is 6.04 Å². The Kier molecular flexibility index (Phi) is 3.95. The molecule has 122 valence electrons. The highest BCUT2D eigenvalue weighted by molar-refractivity contribution is 7.89. The lowest BCUT2D eigenvalue weighted by Gasteiger charge is -2.15. The van der Waals surface area contributed by atoms with Crippen molar-refractivity contribution >= 4 is 27.5 Å². The molecule has 1 aliphatic rings. The van der Waals surface area contributed by atoms with Gasteiger partial charge in [0.15, 0.2) is 5.03 Å². The summed E-state index contributed by atoms with van der Waals surface area (Å²) in [6, 6.07) is 8.29. The van der Waals surface area contributed by atoms with Gasteiger partial charge in [-0.1, -0.05) is 17.7 Å². The fraction of sp³-hybridized carbons (Fsp3) is 0.267. The van der Waals surface area contributed by atoms with Crippen molar-refractivity contribution in [3.05, 3.63) is 52.2 Å². The molecule has 1 heterocycles. The first-order valence-electron chi connectivity index (χ1n) is 7.05. The number of nitrogens with one attached hydrogen (secondary N) is 1. The molecule has 3 N–H and O–H groups in total. The van der Waals surface area contributed by atoms with E-state index in [1.54, 1.807) is 6.07 Å². The number of carbonyl (C=O) groups is 1. The Hall–Kier alpha value is -1.83. The van der Waals surface area contributed by atoms with E-state index in [4.69, 9.17) is 16.7 Å². The minimum atomic E-state index is -3.86. The van der Waals surface area contributed by atoms with Crippen LogP contribution in [0.5, 0.6) is 0 Å². The van der Waals surface area contributed by atoms with Crippen LogP contribution >= 0.6 is 11.6 Å². The molecule has 23 heavy (non-hydrogen) atoms. The van der Waals surface area contributed by atoms with Gasteiger partial charge in [0.2, 0.25) is 0 Å². The summed E-state index contributed by atoms with van der Waals surface area (Å²) in [6.07, 6.45) is 1.63. The molecule has 0 spiro atoms. The van der Waals surface area contributed by atoms with Crippen LogP contribution in [-0.4, -0.2) is 18.9 Å². The van der Waals surface area contributed by atoms with Gasteiger partial charge in [-0.25, -0.2) is 13.6 Å². The lowest BCUT2D eigenvalue weighted by Crippen LogP contribution is -2.29. The predicted octanol–water partition coefficient (Wildman–Crippen LogP) is 1.74. The van der Waals surface area contributed by atoms with Crippen molar-refractivity contribution in [1.82, 2.24) is 9.88 Å². The number of nitrogens with zero attached hydrogens (tertiary/aromatic N) is 1. The summed E-state index contributed by atoms with van der Waals surface area (Å²) in [4.78, 5) is 12.4. The molecule has 0 saturated heterocycles. The number of hydrogen-bond donors (Lipinski definition) is 2. The summed E-state index contributed by atoms with van der Waals surface area (Å²) >= 11 is 5.98. The summed E-state index contributed by atoms with van der Waals surface area (Å²) in [5, 5.41) is 8.64. The maximum absolute atomic E-state index is 12.4. The number of benzene rings is 1. The molecule has 0 bridgehead atoms. The molecular weight excluding hydrogens is 338 g/mol. The standard InChI is InChI=1S/C15H16ClN3O3S/c1-19-13(6-7-14(19)23(17,21)22)15(20)18-12-5-2-9-8-10(16)3-4-11(9)12/h3-4,6-8,12H,2,5H2,1H3,(H,18,20)(H2,17,21,22)/t12-/m1/s1. The molecule has 3 rings (SSSR count). The summed E-state index contributed by atoms with van der Waals surface area (Å²) in [5.41, 5.74) is 2.42. The van der Waals surface area contributed by atoms with E-state index in [0.29, 0.717) is 5.02 Å². The van der Waals surface area contributed by atoms with Gasteiger partial charge in [0.1, 0.15) is 5.69 Å². The number of hydrogen-bond acceptors (Lipinski definition) is 3. The summed E-state index contributed by atoms with van der Waals surface area (Å²) < 4.78 is 24.2. The van der Waals surface area contributed by atoms with Gasteiger partial charge in [-0.15, -0.1) is 0 Å². The second-order valence-corrected chi connectivity index (χ2v) is 7.51. The van der Waals surface area contributed by atoms with Crippen molar-refractivity contribution in [2.75, 3.05) is 0 Å². The van der Waals surface area contributed by atoms with Gasteiger partial charge in [-0.2, -0.15) is 0 Å². The topological polar surface area (TPSA) is 94.2 Å². The molecule has 1 atom stereocenters. The molecule has 1 aliphatic carbocycles. The Morgan fingerprint density at radius 3 is 2.74 bits per heavy atom. The highest BCUT2D eigenvalue weighted by Crippen LogP contribution is 2.33. The Balaban J connectivity index is 1.84. The quantitative estimate of drug-likeness (QED) is 0.880. The first-order chi connectivity index (χ1) is 10.8. The molecule has 1 amide bonds. The van der Waals surface area contributed by atoms with Crippen LogP contribution in [0.25, 0.3) is 0 Å². The van der Waals surface area contributed by atoms with Crippen LogP contribution in [0.2, 0.25) is 5.02 Å². The number of amides is 1. The molecular formula is C15H16ClN3O3S. The number of carbonyl (C=O) groups excluding carboxylic acids is 1. The number of aryl methyl sites for hydroxylation is 1. The number of sulfonamides is 1. The van der Waals surface area contributed by atoms with Crippen LogP contribution in [0.1, 0.15) is 34.1 Å². The number of primary sulfonamides is 1. The molecule has 8 heteroatoms. The normalized spacial score (nSPS) is 17.1. The van der Waals surface area contributed by atoms with Crippen molar-refractivity contribution in [3.63, 3.8) is 0 Å². The van der Waals surface area contributed by atoms with E-state index in [9.17, 15) is 13.2 Å². The zero-order valence-electron chi connectivity index (χ0n) is 12.4. The minimum absolute atomic E-state index is 0.0961. The van der Waals surface area contributed by atoms with E-state index in [-0.39, 0.29) is 22.7 Å². The first-order valence-corrected chi connectivity index (χ1v) is 8.97. The number of aromatic nitrogens is 1. The van der Waals surface area contributed by atoms with E-state index >= 15 is 0 Å². The van der Waals surface area contributed by atoms with Crippen LogP contribution in [0, 0.1) is 0 Å². The first kappa shape index (κ1) is 16.0. The molecule has 0 unspecified atom stereocenters. The highest BCUT2D eigenvalue weighted by Gasteiger charge is 2.26. The van der Waals surface area contributed by atoms with E-state index in [1.807, 2.05) is 12.1 Å². The van der Waals surface area contributed by atoms with Crippen molar-refractivity contribution < 1.29 is 13.2 Å². The molecule has 0 fully saturated rings. The van der Waals surface area contributed by atoms with Crippen LogP contribution in [0.3, 0.4) is 0 Å². The Morgan fingerprint density at radius 1 is 1.35 bits per heavy atom. The molecule has 0 aliphatic heterocycles. The van der Waals surface area contributed by atoms with E-state index in [0.717, 1.165) is 24.0 Å². The van der Waals surface area contributed by atoms with Crippen molar-refractivity contribution in [1.29, 1.82) is 0 Å². The Bertz CT molecular complexity index is 889. The maximum atomic E-state index is 12.4. The van der Waals surface area contributed by atoms with Crippen molar-refractivity contribution in [2.24, 2.45) is 12.2 Å². The van der Waals surface area contributed by atoms with Gasteiger partial charge in [-0.3, -0.25) is 4.79 Å². The van der Waals surface area contributed by atoms with Gasteiger partial charge >= 0.3 is 0 Å². The van der Waals surface area contributed by atoms with Gasteiger partial charge in [0.25, 0.3) is 15.9 Å². The summed E-state index contributed by atoms with van der Waals surface area (Å²) in [7, 11) is -2.36. The maximum Gasteiger partial charge on any atom is 0.268 e. The third-order valence-corrected chi connectivity index (χ3v) is 5.32. The van der Waals surface area contributed by atoms with Crippen LogP contribution in [-0.2, 0) is 23.5 Å². The second-order valence-electron chi connectivity index (χ2n) is 5.57. The van der Waals surface area contributed by atoms with Gasteiger partial charge < -0.3 is 9.88 Å². The number of nitrogens with two attached hydrogens (primary N) is 1. The van der Waals surface area contributed by atoms with Crippen LogP contribution in [0.4, 0.5) is 0 Å². The van der Waals surface area contributed by atoms with Crippen LogP contribution < -0.4 is 10.5 Å². The molecule has 0 saturated carbocycles. The zero-order chi connectivity index (χ0) is 16.8. The van der Waals surface area contributed by atoms with Gasteiger partial charge in [0, 0.05) is 12.1 Å². The number of halogens is 1. The van der Waals surface area contributed by atoms with Crippen molar-refractivity contribution in [2.45, 2.75) is 23.9 Å². The van der Waals surface area contributed by atoms with E-state index in [1.165, 1.54) is 23.7 Å². The third kappa shape index (κ3) is 2.99. The average Bonchev–Trinajstić information content (AvgIpc) is 3.02. The lowest BCUT2D eigenvalue weighted by molar-refractivity contribution is 0.0927. The average molecular weight is 354 g/mol. The fourth-order valence-corrected chi connectivity index (χ4v) is 3.91. The fourth-order valence-electron chi connectivity index (χ4n) is 2.97. The summed E-state index contributed by atoms with van der Waals surface area (Å²) in [6.45, 7) is 0. The largest absolute Gasteiger partial charge is 0.344 e. The zero-order valence-corrected chi connectivity index (χ0v) is 14.0. The Morgan fingerprint density at radius 2 is 2.09 bits per heavy atom. The molecule has 1 aromatic carbocycles. The van der Waals surface area contributed by atoms with E-state index in [2.05, 4.69) is 5.32 Å². The van der Waals surface area contributed by atoms with Crippen LogP contribution in [0.15, 0.2) is 35.4 Å². The molecule has 6 nitrogen and oxygen atoms in total. The highest BCUT2D eigenvalue weighted by atomic mass is 35.5.